The van der Waals surface area contributed by atoms with E-state index in [1.165, 1.54) is 29.5 Å². The molecule has 0 radical (unpaired) electrons. The van der Waals surface area contributed by atoms with Gasteiger partial charge in [0.2, 0.25) is 0 Å². The van der Waals surface area contributed by atoms with Gasteiger partial charge in [0, 0.05) is 6.04 Å². The molecule has 4 heteroatoms. The van der Waals surface area contributed by atoms with Crippen molar-refractivity contribution in [3.63, 3.8) is 0 Å². The van der Waals surface area contributed by atoms with Crippen LogP contribution in [-0.2, 0) is 0 Å². The van der Waals surface area contributed by atoms with E-state index in [4.69, 9.17) is 0 Å². The Morgan fingerprint density at radius 2 is 1.81 bits per heavy atom. The number of hydrogen-bond donors (Lipinski definition) is 1. The molecule has 1 aliphatic carbocycles. The maximum absolute atomic E-state index is 4.50. The second-order valence-corrected chi connectivity index (χ2v) is 8.95. The number of nitrogens with zero attached hydrogens (tertiary/aromatic N) is 2. The summed E-state index contributed by atoms with van der Waals surface area (Å²) >= 11 is 1.74. The van der Waals surface area contributed by atoms with Crippen LogP contribution in [0.4, 0.5) is 5.82 Å². The number of anilines is 1. The molecule has 2 aromatic heterocycles. The fourth-order valence-corrected chi connectivity index (χ4v) is 5.17. The van der Waals surface area contributed by atoms with E-state index in [9.17, 15) is 0 Å². The maximum Gasteiger partial charge on any atom is 0.147 e. The van der Waals surface area contributed by atoms with Gasteiger partial charge in [-0.15, -0.1) is 11.3 Å². The van der Waals surface area contributed by atoms with E-state index in [0.717, 1.165) is 11.3 Å². The third-order valence-corrected chi connectivity index (χ3v) is 5.52. The van der Waals surface area contributed by atoms with E-state index < -0.39 is 0 Å². The van der Waals surface area contributed by atoms with Gasteiger partial charge in [-0.3, -0.25) is 0 Å². The molecule has 1 fully saturated rings. The van der Waals surface area contributed by atoms with E-state index in [-0.39, 0.29) is 0 Å². The number of thiophene rings is 1. The molecule has 3 rings (SSSR count). The topological polar surface area (TPSA) is 37.8 Å². The summed E-state index contributed by atoms with van der Waals surface area (Å²) in [6, 6.07) is 0.490. The zero-order valence-electron chi connectivity index (χ0n) is 13.7. The Morgan fingerprint density at radius 3 is 2.48 bits per heavy atom. The summed E-state index contributed by atoms with van der Waals surface area (Å²) in [6.07, 6.45) is 5.37. The Morgan fingerprint density at radius 1 is 1.14 bits per heavy atom. The molecular weight excluding hydrogens is 278 g/mol. The zero-order chi connectivity index (χ0) is 15.3. The first kappa shape index (κ1) is 14.8. The average molecular weight is 303 g/mol. The molecule has 0 bridgehead atoms. The van der Waals surface area contributed by atoms with Gasteiger partial charge in [0.05, 0.1) is 10.2 Å². The van der Waals surface area contributed by atoms with Crippen LogP contribution >= 0.6 is 11.3 Å². The van der Waals surface area contributed by atoms with Gasteiger partial charge >= 0.3 is 0 Å². The van der Waals surface area contributed by atoms with Crippen molar-refractivity contribution in [2.75, 3.05) is 5.32 Å². The lowest BCUT2D eigenvalue weighted by atomic mass is 9.63. The molecule has 1 aliphatic rings. The van der Waals surface area contributed by atoms with Crippen molar-refractivity contribution in [3.8, 4) is 0 Å². The molecule has 0 atom stereocenters. The van der Waals surface area contributed by atoms with Gasteiger partial charge < -0.3 is 5.32 Å². The minimum atomic E-state index is 0.386. The predicted octanol–water partition coefficient (Wildman–Crippen LogP) is 5.02. The van der Waals surface area contributed by atoms with E-state index in [1.54, 1.807) is 17.7 Å². The van der Waals surface area contributed by atoms with E-state index >= 15 is 0 Å². The summed E-state index contributed by atoms with van der Waals surface area (Å²) in [5.74, 6) is 1.01. The van der Waals surface area contributed by atoms with Crippen LogP contribution in [0.3, 0.4) is 0 Å². The molecule has 0 unspecified atom stereocenters. The van der Waals surface area contributed by atoms with E-state index in [0.29, 0.717) is 16.9 Å². The molecule has 2 aromatic rings. The Hall–Kier alpha value is -1.16. The number of hydrogen-bond acceptors (Lipinski definition) is 4. The fraction of sp³-hybridized carbons (Fsp3) is 0.647. The molecule has 1 N–H and O–H groups in total. The molecule has 1 saturated carbocycles. The minimum absolute atomic E-state index is 0.386. The lowest BCUT2D eigenvalue weighted by Gasteiger charge is -2.45. The highest BCUT2D eigenvalue weighted by atomic mass is 32.1. The average Bonchev–Trinajstić information content (AvgIpc) is 2.68. The van der Waals surface area contributed by atoms with Crippen molar-refractivity contribution < 1.29 is 0 Å². The second-order valence-electron chi connectivity index (χ2n) is 8.07. The van der Waals surface area contributed by atoms with Crippen LogP contribution < -0.4 is 5.32 Å². The molecule has 0 aliphatic heterocycles. The highest BCUT2D eigenvalue weighted by Crippen LogP contribution is 2.46. The second kappa shape index (κ2) is 4.94. The first-order valence-corrected chi connectivity index (χ1v) is 8.59. The molecular formula is C17H25N3S. The van der Waals surface area contributed by atoms with Crippen LogP contribution in [0.15, 0.2) is 11.7 Å². The molecule has 0 spiro atoms. The van der Waals surface area contributed by atoms with Crippen molar-refractivity contribution in [2.45, 2.75) is 59.9 Å². The Labute approximate surface area is 131 Å². The summed E-state index contributed by atoms with van der Waals surface area (Å²) in [5, 5.41) is 5.87. The monoisotopic (exact) mass is 303 g/mol. The standard InChI is InChI=1S/C17H25N3S/c1-11-8-21-14-13(11)18-10-19-15(14)20-12-6-16(2,3)9-17(4,5)7-12/h8,10,12H,6-7,9H2,1-5H3,(H,18,19,20). The number of nitrogens with one attached hydrogen (secondary N) is 1. The van der Waals surface area contributed by atoms with Gasteiger partial charge in [-0.25, -0.2) is 9.97 Å². The van der Waals surface area contributed by atoms with Crippen LogP contribution in [0.5, 0.6) is 0 Å². The molecule has 0 saturated heterocycles. The smallest absolute Gasteiger partial charge is 0.147 e. The highest BCUT2D eigenvalue weighted by molar-refractivity contribution is 7.18. The number of aryl methyl sites for hydroxylation is 1. The zero-order valence-corrected chi connectivity index (χ0v) is 14.5. The maximum atomic E-state index is 4.50. The number of rotatable bonds is 2. The Balaban J connectivity index is 1.88. The lowest BCUT2D eigenvalue weighted by molar-refractivity contribution is 0.105. The van der Waals surface area contributed by atoms with Crippen LogP contribution in [0.1, 0.15) is 52.5 Å². The third-order valence-electron chi connectivity index (χ3n) is 4.43. The van der Waals surface area contributed by atoms with Crippen LogP contribution in [0, 0.1) is 17.8 Å². The lowest BCUT2D eigenvalue weighted by Crippen LogP contribution is -2.40. The SMILES string of the molecule is Cc1csc2c(NC3CC(C)(C)CC(C)(C)C3)ncnc12. The van der Waals surface area contributed by atoms with Crippen molar-refractivity contribution in [1.82, 2.24) is 9.97 Å². The van der Waals surface area contributed by atoms with Crippen LogP contribution in [0.25, 0.3) is 10.2 Å². The predicted molar refractivity (Wildman–Crippen MR) is 91.0 cm³/mol. The fourth-order valence-electron chi connectivity index (χ4n) is 4.21. The molecule has 2 heterocycles. The van der Waals surface area contributed by atoms with Crippen LogP contribution in [-0.4, -0.2) is 16.0 Å². The number of aromatic nitrogens is 2. The summed E-state index contributed by atoms with van der Waals surface area (Å²) < 4.78 is 1.19. The first-order valence-electron chi connectivity index (χ1n) is 7.71. The Bertz CT molecular complexity index is 641. The normalized spacial score (nSPS) is 21.6. The molecule has 0 aromatic carbocycles. The van der Waals surface area contributed by atoms with E-state index in [2.05, 4.69) is 55.3 Å². The third kappa shape index (κ3) is 3.05. The summed E-state index contributed by atoms with van der Waals surface area (Å²) in [6.45, 7) is 11.6. The summed E-state index contributed by atoms with van der Waals surface area (Å²) in [4.78, 5) is 8.91. The van der Waals surface area contributed by atoms with Crippen molar-refractivity contribution in [2.24, 2.45) is 10.8 Å². The molecule has 21 heavy (non-hydrogen) atoms. The quantitative estimate of drug-likeness (QED) is 0.846. The highest BCUT2D eigenvalue weighted by Gasteiger charge is 2.38. The Kier molecular flexibility index (Phi) is 3.47. The molecule has 0 amide bonds. The molecule has 114 valence electrons. The number of fused-ring (bicyclic) bond motifs is 1. The van der Waals surface area contributed by atoms with Gasteiger partial charge in [-0.2, -0.15) is 0 Å². The first-order chi connectivity index (χ1) is 9.76. The van der Waals surface area contributed by atoms with Gasteiger partial charge in [-0.1, -0.05) is 27.7 Å². The minimum Gasteiger partial charge on any atom is -0.366 e. The largest absolute Gasteiger partial charge is 0.366 e. The van der Waals surface area contributed by atoms with Crippen molar-refractivity contribution in [1.29, 1.82) is 0 Å². The van der Waals surface area contributed by atoms with Crippen molar-refractivity contribution in [3.05, 3.63) is 17.3 Å². The summed E-state index contributed by atoms with van der Waals surface area (Å²) in [5.41, 5.74) is 3.10. The van der Waals surface area contributed by atoms with Crippen molar-refractivity contribution >= 4 is 27.4 Å². The summed E-state index contributed by atoms with van der Waals surface area (Å²) in [7, 11) is 0. The van der Waals surface area contributed by atoms with E-state index in [1.807, 2.05) is 0 Å². The van der Waals surface area contributed by atoms with Gasteiger partial charge in [0.25, 0.3) is 0 Å². The van der Waals surface area contributed by atoms with Gasteiger partial charge in [0.15, 0.2) is 0 Å². The van der Waals surface area contributed by atoms with Crippen LogP contribution in [0.2, 0.25) is 0 Å². The van der Waals surface area contributed by atoms with Gasteiger partial charge in [0.1, 0.15) is 12.1 Å². The molecule has 3 nitrogen and oxygen atoms in total. The van der Waals surface area contributed by atoms with Gasteiger partial charge in [-0.05, 0) is 48.0 Å².